The summed E-state index contributed by atoms with van der Waals surface area (Å²) in [5.41, 5.74) is 5.05. The average molecular weight is 271 g/mol. The Hall–Kier alpha value is -1.35. The first-order valence-electron chi connectivity index (χ1n) is 7.73. The Morgan fingerprint density at radius 2 is 1.95 bits per heavy atom. The first-order chi connectivity index (χ1) is 9.56. The van der Waals surface area contributed by atoms with Gasteiger partial charge >= 0.3 is 0 Å². The Morgan fingerprint density at radius 3 is 2.60 bits per heavy atom. The van der Waals surface area contributed by atoms with Gasteiger partial charge in [0, 0.05) is 18.6 Å². The van der Waals surface area contributed by atoms with E-state index in [1.54, 1.807) is 0 Å². The minimum absolute atomic E-state index is 0.475. The summed E-state index contributed by atoms with van der Waals surface area (Å²) in [6, 6.07) is 5.72. The van der Waals surface area contributed by atoms with Crippen LogP contribution in [0.15, 0.2) is 18.5 Å². The van der Waals surface area contributed by atoms with E-state index in [1.165, 1.54) is 29.5 Å². The number of nitrogens with zero attached hydrogens (tertiary/aromatic N) is 2. The van der Waals surface area contributed by atoms with Crippen LogP contribution in [0.2, 0.25) is 0 Å². The predicted octanol–water partition coefficient (Wildman–Crippen LogP) is 3.60. The highest BCUT2D eigenvalue weighted by atomic mass is 15.1. The van der Waals surface area contributed by atoms with Crippen LogP contribution >= 0.6 is 0 Å². The van der Waals surface area contributed by atoms with Crippen molar-refractivity contribution < 1.29 is 0 Å². The normalized spacial score (nSPS) is 17.1. The molecule has 1 aliphatic rings. The maximum absolute atomic E-state index is 4.60. The number of fused-ring (bicyclic) bond motifs is 1. The van der Waals surface area contributed by atoms with Crippen LogP contribution in [0.1, 0.15) is 43.9 Å². The van der Waals surface area contributed by atoms with E-state index in [-0.39, 0.29) is 0 Å². The highest BCUT2D eigenvalue weighted by molar-refractivity contribution is 5.77. The maximum atomic E-state index is 4.60. The van der Waals surface area contributed by atoms with Gasteiger partial charge in [-0.15, -0.1) is 0 Å². The van der Waals surface area contributed by atoms with Crippen LogP contribution in [-0.2, 0) is 0 Å². The molecule has 0 radical (unpaired) electrons. The van der Waals surface area contributed by atoms with Crippen molar-refractivity contribution in [2.45, 2.75) is 52.6 Å². The van der Waals surface area contributed by atoms with Crippen LogP contribution in [0.5, 0.6) is 0 Å². The monoisotopic (exact) mass is 271 g/mol. The summed E-state index contributed by atoms with van der Waals surface area (Å²) in [6.45, 7) is 9.97. The molecule has 1 aliphatic carbocycles. The number of hydrogen-bond donors (Lipinski definition) is 1. The van der Waals surface area contributed by atoms with Crippen molar-refractivity contribution in [2.24, 2.45) is 5.92 Å². The highest BCUT2D eigenvalue weighted by Crippen LogP contribution is 2.27. The number of aryl methyl sites for hydroxylation is 2. The van der Waals surface area contributed by atoms with Crippen LogP contribution in [0.4, 0.5) is 0 Å². The van der Waals surface area contributed by atoms with Crippen molar-refractivity contribution in [3.05, 3.63) is 29.6 Å². The van der Waals surface area contributed by atoms with E-state index in [9.17, 15) is 0 Å². The lowest BCUT2D eigenvalue weighted by Gasteiger charge is -2.24. The van der Waals surface area contributed by atoms with Gasteiger partial charge in [0.2, 0.25) is 0 Å². The van der Waals surface area contributed by atoms with Crippen LogP contribution in [0.25, 0.3) is 11.0 Å². The minimum Gasteiger partial charge on any atom is -0.326 e. The van der Waals surface area contributed by atoms with E-state index in [4.69, 9.17) is 0 Å². The fraction of sp³-hybridized carbons (Fsp3) is 0.588. The van der Waals surface area contributed by atoms with Crippen molar-refractivity contribution in [3.63, 3.8) is 0 Å². The molecule has 3 heteroatoms. The molecule has 108 valence electrons. The Morgan fingerprint density at radius 1 is 1.25 bits per heavy atom. The molecule has 1 N–H and O–H groups in total. The summed E-state index contributed by atoms with van der Waals surface area (Å²) in [4.78, 5) is 4.60. The second kappa shape index (κ2) is 5.21. The SMILES string of the molecule is Cc1cc2ncn(C(CNC3CC3)C(C)C)c2cc1C. The van der Waals surface area contributed by atoms with Crippen LogP contribution in [0.3, 0.4) is 0 Å². The van der Waals surface area contributed by atoms with Gasteiger partial charge in [-0.05, 0) is 55.9 Å². The molecule has 3 rings (SSSR count). The summed E-state index contributed by atoms with van der Waals surface area (Å²) in [5, 5.41) is 3.67. The second-order valence-electron chi connectivity index (χ2n) is 6.57. The number of benzene rings is 1. The zero-order valence-electron chi connectivity index (χ0n) is 13.0. The van der Waals surface area contributed by atoms with Crippen LogP contribution in [-0.4, -0.2) is 22.1 Å². The van der Waals surface area contributed by atoms with E-state index in [2.05, 4.69) is 54.7 Å². The van der Waals surface area contributed by atoms with Gasteiger partial charge in [-0.3, -0.25) is 0 Å². The average Bonchev–Trinajstić information content (AvgIpc) is 3.14. The first-order valence-corrected chi connectivity index (χ1v) is 7.73. The Kier molecular flexibility index (Phi) is 3.55. The number of nitrogens with one attached hydrogen (secondary N) is 1. The molecule has 1 saturated carbocycles. The summed E-state index contributed by atoms with van der Waals surface area (Å²) in [6.07, 6.45) is 4.70. The zero-order valence-corrected chi connectivity index (χ0v) is 13.0. The number of aromatic nitrogens is 2. The standard InChI is InChI=1S/C17H25N3/c1-11(2)17(9-18-14-5-6-14)20-10-19-15-7-12(3)13(4)8-16(15)20/h7-8,10-11,14,17-18H,5-6,9H2,1-4H3. The fourth-order valence-corrected chi connectivity index (χ4v) is 2.78. The van der Waals surface area contributed by atoms with Gasteiger partial charge in [-0.2, -0.15) is 0 Å². The molecule has 1 atom stereocenters. The molecule has 0 aliphatic heterocycles. The molecule has 0 bridgehead atoms. The van der Waals surface area contributed by atoms with Gasteiger partial charge in [-0.1, -0.05) is 13.8 Å². The lowest BCUT2D eigenvalue weighted by molar-refractivity contribution is 0.362. The van der Waals surface area contributed by atoms with Crippen molar-refractivity contribution in [1.82, 2.24) is 14.9 Å². The molecule has 1 aromatic heterocycles. The maximum Gasteiger partial charge on any atom is 0.0961 e. The molecule has 1 unspecified atom stereocenters. The highest BCUT2D eigenvalue weighted by Gasteiger charge is 2.24. The molecule has 1 aromatic carbocycles. The van der Waals surface area contributed by atoms with Gasteiger partial charge in [0.15, 0.2) is 0 Å². The van der Waals surface area contributed by atoms with E-state index in [1.807, 2.05) is 6.33 Å². The lowest BCUT2D eigenvalue weighted by Crippen LogP contribution is -2.29. The van der Waals surface area contributed by atoms with Crippen molar-refractivity contribution in [1.29, 1.82) is 0 Å². The lowest BCUT2D eigenvalue weighted by atomic mass is 10.0. The molecule has 0 spiro atoms. The van der Waals surface area contributed by atoms with E-state index in [0.717, 1.165) is 18.1 Å². The van der Waals surface area contributed by atoms with Crippen LogP contribution < -0.4 is 5.32 Å². The van der Waals surface area contributed by atoms with Gasteiger partial charge in [0.25, 0.3) is 0 Å². The predicted molar refractivity (Wildman–Crippen MR) is 84.1 cm³/mol. The third kappa shape index (κ3) is 2.59. The van der Waals surface area contributed by atoms with Gasteiger partial charge in [-0.25, -0.2) is 4.98 Å². The Labute approximate surface area is 121 Å². The second-order valence-corrected chi connectivity index (χ2v) is 6.57. The van der Waals surface area contributed by atoms with E-state index >= 15 is 0 Å². The number of rotatable bonds is 5. The van der Waals surface area contributed by atoms with Crippen molar-refractivity contribution in [2.75, 3.05) is 6.54 Å². The minimum atomic E-state index is 0.475. The summed E-state index contributed by atoms with van der Waals surface area (Å²) in [7, 11) is 0. The van der Waals surface area contributed by atoms with E-state index in [0.29, 0.717) is 12.0 Å². The molecule has 1 heterocycles. The summed E-state index contributed by atoms with van der Waals surface area (Å²) >= 11 is 0. The van der Waals surface area contributed by atoms with Gasteiger partial charge < -0.3 is 9.88 Å². The quantitative estimate of drug-likeness (QED) is 0.900. The molecule has 0 saturated heterocycles. The third-order valence-electron chi connectivity index (χ3n) is 4.51. The molecule has 3 nitrogen and oxygen atoms in total. The van der Waals surface area contributed by atoms with Crippen molar-refractivity contribution >= 4 is 11.0 Å². The Bertz CT molecular complexity index is 608. The Balaban J connectivity index is 1.94. The number of hydrogen-bond acceptors (Lipinski definition) is 2. The van der Waals surface area contributed by atoms with Gasteiger partial charge in [0.1, 0.15) is 0 Å². The topological polar surface area (TPSA) is 29.9 Å². The third-order valence-corrected chi connectivity index (χ3v) is 4.51. The van der Waals surface area contributed by atoms with Crippen molar-refractivity contribution in [3.8, 4) is 0 Å². The largest absolute Gasteiger partial charge is 0.326 e. The first kappa shape index (κ1) is 13.6. The fourth-order valence-electron chi connectivity index (χ4n) is 2.78. The molecule has 2 aromatic rings. The van der Waals surface area contributed by atoms with Gasteiger partial charge in [0.05, 0.1) is 17.4 Å². The smallest absolute Gasteiger partial charge is 0.0961 e. The number of imidazole rings is 1. The summed E-state index contributed by atoms with van der Waals surface area (Å²) in [5.74, 6) is 0.597. The summed E-state index contributed by atoms with van der Waals surface area (Å²) < 4.78 is 2.36. The molecular weight excluding hydrogens is 246 g/mol. The molecule has 0 amide bonds. The molecular formula is C17H25N3. The molecule has 20 heavy (non-hydrogen) atoms. The molecule has 1 fully saturated rings. The van der Waals surface area contributed by atoms with E-state index < -0.39 is 0 Å². The van der Waals surface area contributed by atoms with Crippen LogP contribution in [0, 0.1) is 19.8 Å². The zero-order chi connectivity index (χ0) is 14.3.